The SMILES string of the molecule is CC(=O)NCC1CC(c2cc(F)c(C3=CCN(c4nnc(C)s4)CC3)c(F)c2)=NO1. The van der Waals surface area contributed by atoms with E-state index in [0.29, 0.717) is 49.3 Å². The molecule has 0 bridgehead atoms. The van der Waals surface area contributed by atoms with E-state index >= 15 is 0 Å². The lowest BCUT2D eigenvalue weighted by atomic mass is 9.95. The zero-order valence-electron chi connectivity index (χ0n) is 16.6. The fraction of sp³-hybridized carbons (Fsp3) is 0.400. The van der Waals surface area contributed by atoms with Gasteiger partial charge >= 0.3 is 0 Å². The number of oxime groups is 1. The highest BCUT2D eigenvalue weighted by Gasteiger charge is 2.26. The molecule has 1 aromatic heterocycles. The number of rotatable bonds is 5. The number of nitrogens with one attached hydrogen (secondary N) is 1. The molecule has 1 unspecified atom stereocenters. The summed E-state index contributed by atoms with van der Waals surface area (Å²) in [7, 11) is 0. The van der Waals surface area contributed by atoms with E-state index in [1.807, 2.05) is 17.9 Å². The summed E-state index contributed by atoms with van der Waals surface area (Å²) in [6.07, 6.45) is 2.37. The molecule has 0 spiro atoms. The Kier molecular flexibility index (Phi) is 5.76. The van der Waals surface area contributed by atoms with Gasteiger partial charge in [0, 0.05) is 37.6 Å². The van der Waals surface area contributed by atoms with Gasteiger partial charge < -0.3 is 15.1 Å². The molecule has 2 aliphatic heterocycles. The van der Waals surface area contributed by atoms with E-state index in [-0.39, 0.29) is 17.6 Å². The minimum absolute atomic E-state index is 0.00107. The van der Waals surface area contributed by atoms with E-state index in [1.165, 1.54) is 30.4 Å². The number of halogens is 2. The number of benzene rings is 1. The molecule has 7 nitrogen and oxygen atoms in total. The molecule has 1 atom stereocenters. The number of carbonyl (C=O) groups excluding carboxylic acids is 1. The predicted molar refractivity (Wildman–Crippen MR) is 111 cm³/mol. The van der Waals surface area contributed by atoms with Crippen molar-refractivity contribution in [1.29, 1.82) is 0 Å². The lowest BCUT2D eigenvalue weighted by molar-refractivity contribution is -0.119. The van der Waals surface area contributed by atoms with Crippen LogP contribution in [0, 0.1) is 18.6 Å². The second-order valence-corrected chi connectivity index (χ2v) is 8.41. The monoisotopic (exact) mass is 433 g/mol. The fourth-order valence-electron chi connectivity index (χ4n) is 3.50. The third kappa shape index (κ3) is 4.33. The van der Waals surface area contributed by atoms with Crippen LogP contribution in [0.1, 0.15) is 35.9 Å². The molecule has 2 aromatic rings. The first kappa shape index (κ1) is 20.4. The molecule has 4 rings (SSSR count). The lowest BCUT2D eigenvalue weighted by Gasteiger charge is -2.26. The molecule has 10 heteroatoms. The molecule has 3 heterocycles. The maximum atomic E-state index is 14.9. The minimum atomic E-state index is -0.621. The topological polar surface area (TPSA) is 79.7 Å². The fourth-order valence-corrected chi connectivity index (χ4v) is 4.22. The zero-order chi connectivity index (χ0) is 21.3. The van der Waals surface area contributed by atoms with Crippen molar-refractivity contribution in [3.05, 3.63) is 46.0 Å². The van der Waals surface area contributed by atoms with Crippen LogP contribution in [0.25, 0.3) is 5.57 Å². The van der Waals surface area contributed by atoms with Gasteiger partial charge in [0.2, 0.25) is 11.0 Å². The van der Waals surface area contributed by atoms with Crippen molar-refractivity contribution in [3.63, 3.8) is 0 Å². The second-order valence-electron chi connectivity index (χ2n) is 7.25. The van der Waals surface area contributed by atoms with Gasteiger partial charge in [-0.05, 0) is 31.1 Å². The molecular formula is C20H21F2N5O2S. The van der Waals surface area contributed by atoms with Crippen molar-refractivity contribution in [3.8, 4) is 0 Å². The molecule has 0 saturated heterocycles. The van der Waals surface area contributed by atoms with Crippen LogP contribution in [0.3, 0.4) is 0 Å². The van der Waals surface area contributed by atoms with Crippen LogP contribution in [0.4, 0.5) is 13.9 Å². The van der Waals surface area contributed by atoms with Crippen molar-refractivity contribution in [2.75, 3.05) is 24.5 Å². The molecule has 0 aliphatic carbocycles. The molecule has 0 fully saturated rings. The molecule has 0 saturated carbocycles. The summed E-state index contributed by atoms with van der Waals surface area (Å²) >= 11 is 1.50. The normalized spacial score (nSPS) is 18.7. The van der Waals surface area contributed by atoms with E-state index < -0.39 is 11.6 Å². The Balaban J connectivity index is 1.47. The number of hydrogen-bond donors (Lipinski definition) is 1. The number of amides is 1. The van der Waals surface area contributed by atoms with Crippen molar-refractivity contribution >= 4 is 33.7 Å². The Labute approximate surface area is 176 Å². The number of anilines is 1. The number of aryl methyl sites for hydroxylation is 1. The van der Waals surface area contributed by atoms with Gasteiger partial charge in [-0.3, -0.25) is 4.79 Å². The van der Waals surface area contributed by atoms with Crippen molar-refractivity contribution in [2.24, 2.45) is 5.16 Å². The van der Waals surface area contributed by atoms with E-state index in [1.54, 1.807) is 0 Å². The quantitative estimate of drug-likeness (QED) is 0.784. The number of hydrogen-bond acceptors (Lipinski definition) is 7. The number of aromatic nitrogens is 2. The van der Waals surface area contributed by atoms with Gasteiger partial charge in [0.25, 0.3) is 0 Å². The van der Waals surface area contributed by atoms with Gasteiger partial charge in [0.05, 0.1) is 12.3 Å². The van der Waals surface area contributed by atoms with Crippen LogP contribution in [0.2, 0.25) is 0 Å². The van der Waals surface area contributed by atoms with E-state index in [4.69, 9.17) is 4.84 Å². The van der Waals surface area contributed by atoms with Crippen LogP contribution in [-0.2, 0) is 9.63 Å². The molecule has 1 N–H and O–H groups in total. The first-order valence-corrected chi connectivity index (χ1v) is 10.4. The molecule has 1 amide bonds. The Morgan fingerprint density at radius 2 is 2.10 bits per heavy atom. The first-order chi connectivity index (χ1) is 14.4. The predicted octanol–water partition coefficient (Wildman–Crippen LogP) is 3.05. The molecule has 2 aliphatic rings. The maximum absolute atomic E-state index is 14.9. The van der Waals surface area contributed by atoms with E-state index in [2.05, 4.69) is 20.7 Å². The first-order valence-electron chi connectivity index (χ1n) is 9.61. The highest BCUT2D eigenvalue weighted by atomic mass is 32.1. The van der Waals surface area contributed by atoms with Crippen LogP contribution in [0.5, 0.6) is 0 Å². The van der Waals surface area contributed by atoms with Crippen LogP contribution >= 0.6 is 11.3 Å². The molecule has 158 valence electrons. The molecule has 0 radical (unpaired) electrons. The number of nitrogens with zero attached hydrogens (tertiary/aromatic N) is 4. The van der Waals surface area contributed by atoms with Crippen LogP contribution in [-0.4, -0.2) is 47.6 Å². The van der Waals surface area contributed by atoms with Gasteiger partial charge in [-0.25, -0.2) is 8.78 Å². The Bertz CT molecular complexity index is 1010. The summed E-state index contributed by atoms with van der Waals surface area (Å²) < 4.78 is 29.7. The van der Waals surface area contributed by atoms with Gasteiger partial charge in [-0.2, -0.15) is 0 Å². The average Bonchev–Trinajstić information content (AvgIpc) is 3.35. The molecule has 30 heavy (non-hydrogen) atoms. The number of carbonyl (C=O) groups is 1. The Hall–Kier alpha value is -2.88. The highest BCUT2D eigenvalue weighted by Crippen LogP contribution is 2.31. The van der Waals surface area contributed by atoms with E-state index in [9.17, 15) is 13.6 Å². The molecular weight excluding hydrogens is 412 g/mol. The van der Waals surface area contributed by atoms with Gasteiger partial charge in [-0.1, -0.05) is 22.6 Å². The summed E-state index contributed by atoms with van der Waals surface area (Å²) in [5.41, 5.74) is 1.45. The minimum Gasteiger partial charge on any atom is -0.390 e. The maximum Gasteiger partial charge on any atom is 0.217 e. The third-order valence-electron chi connectivity index (χ3n) is 5.00. The largest absolute Gasteiger partial charge is 0.390 e. The standard InChI is InChI=1S/C20H21F2N5O2S/c1-11(28)23-10-15-9-18(26-29-15)14-7-16(21)19(17(22)8-14)13-3-5-27(6-4-13)20-25-24-12(2)30-20/h3,7-8,15H,4-6,9-10H2,1-2H3,(H,23,28). The molecule has 1 aromatic carbocycles. The van der Waals surface area contributed by atoms with Crippen molar-refractivity contribution in [2.45, 2.75) is 32.8 Å². The summed E-state index contributed by atoms with van der Waals surface area (Å²) in [4.78, 5) is 18.3. The lowest BCUT2D eigenvalue weighted by Crippen LogP contribution is -2.30. The van der Waals surface area contributed by atoms with Gasteiger partial charge in [-0.15, -0.1) is 10.2 Å². The Morgan fingerprint density at radius 3 is 2.70 bits per heavy atom. The smallest absolute Gasteiger partial charge is 0.217 e. The van der Waals surface area contributed by atoms with Gasteiger partial charge in [0.15, 0.2) is 0 Å². The second kappa shape index (κ2) is 8.47. The average molecular weight is 433 g/mol. The summed E-state index contributed by atoms with van der Waals surface area (Å²) in [6, 6.07) is 2.59. The highest BCUT2D eigenvalue weighted by molar-refractivity contribution is 7.15. The summed E-state index contributed by atoms with van der Waals surface area (Å²) in [6.45, 7) is 4.74. The van der Waals surface area contributed by atoms with Gasteiger partial charge in [0.1, 0.15) is 22.7 Å². The summed E-state index contributed by atoms with van der Waals surface area (Å²) in [5.74, 6) is -1.41. The Morgan fingerprint density at radius 1 is 1.33 bits per heavy atom. The zero-order valence-corrected chi connectivity index (χ0v) is 17.4. The van der Waals surface area contributed by atoms with Crippen molar-refractivity contribution in [1.82, 2.24) is 15.5 Å². The summed E-state index contributed by atoms with van der Waals surface area (Å²) in [5, 5.41) is 16.4. The van der Waals surface area contributed by atoms with Crippen LogP contribution in [0.15, 0.2) is 23.4 Å². The van der Waals surface area contributed by atoms with Crippen LogP contribution < -0.4 is 10.2 Å². The van der Waals surface area contributed by atoms with Crippen molar-refractivity contribution < 1.29 is 18.4 Å². The third-order valence-corrected chi connectivity index (χ3v) is 5.90. The van der Waals surface area contributed by atoms with E-state index in [0.717, 1.165) is 10.1 Å².